The van der Waals surface area contributed by atoms with Gasteiger partial charge >= 0.3 is 35.8 Å². The average molecular weight is 853 g/mol. The lowest BCUT2D eigenvalue weighted by Crippen LogP contribution is -2.70. The molecule has 2 heterocycles. The van der Waals surface area contributed by atoms with Gasteiger partial charge in [0.15, 0.2) is 12.2 Å². The first kappa shape index (κ1) is 50.3. The summed E-state index contributed by atoms with van der Waals surface area (Å²) < 4.78 is 54.0. The van der Waals surface area contributed by atoms with Crippen molar-refractivity contribution in [1.29, 1.82) is 0 Å². The van der Waals surface area contributed by atoms with E-state index in [9.17, 15) is 58.8 Å². The number of carbonyl (C=O) groups excluding carboxylic acids is 8. The summed E-state index contributed by atoms with van der Waals surface area (Å²) in [6.45, 7) is 5.07. The Balaban J connectivity index is 2.67. The number of rotatable bonds is 20. The van der Waals surface area contributed by atoms with Crippen LogP contribution < -0.4 is 10.6 Å². The van der Waals surface area contributed by atoms with Crippen molar-refractivity contribution in [3.63, 3.8) is 0 Å². The third-order valence-corrected chi connectivity index (χ3v) is 8.68. The number of esters is 6. The molecule has 0 aliphatic carbocycles. The van der Waals surface area contributed by atoms with E-state index >= 15 is 0 Å². The maximum absolute atomic E-state index is 13.7. The largest absolute Gasteiger partial charge is 0.465 e. The molecule has 2 aliphatic rings. The van der Waals surface area contributed by atoms with Crippen LogP contribution >= 0.6 is 0 Å². The fourth-order valence-corrected chi connectivity index (χ4v) is 6.34. The number of carbonyl (C=O) groups is 8. The Morgan fingerprint density at radius 1 is 0.797 bits per heavy atom. The smallest absolute Gasteiger partial charge is 0.366 e. The maximum Gasteiger partial charge on any atom is 0.366 e. The molecular formula is C35H52N2O22. The highest BCUT2D eigenvalue weighted by atomic mass is 16.8. The monoisotopic (exact) mass is 852 g/mol. The molecule has 24 nitrogen and oxygen atoms in total. The van der Waals surface area contributed by atoms with Crippen LogP contribution in [0.2, 0.25) is 0 Å². The van der Waals surface area contributed by atoms with Crippen LogP contribution in [0.3, 0.4) is 0 Å². The lowest BCUT2D eigenvalue weighted by molar-refractivity contribution is -0.314. The molecule has 2 amide bonds. The van der Waals surface area contributed by atoms with E-state index in [1.807, 2.05) is 0 Å². The minimum absolute atomic E-state index is 0.338. The van der Waals surface area contributed by atoms with Crippen LogP contribution in [0.25, 0.3) is 0 Å². The highest BCUT2D eigenvalue weighted by Crippen LogP contribution is 2.38. The molecule has 24 heteroatoms. The van der Waals surface area contributed by atoms with Gasteiger partial charge in [0.2, 0.25) is 11.8 Å². The van der Waals surface area contributed by atoms with Crippen LogP contribution in [0.5, 0.6) is 0 Å². The molecule has 12 atom stereocenters. The van der Waals surface area contributed by atoms with E-state index < -0.39 is 153 Å². The quantitative estimate of drug-likeness (QED) is 0.0386. The number of aliphatic hydroxyl groups is 4. The first-order valence-corrected chi connectivity index (χ1v) is 17.9. The van der Waals surface area contributed by atoms with Crippen molar-refractivity contribution >= 4 is 47.6 Å². The number of amides is 2. The molecule has 59 heavy (non-hydrogen) atoms. The van der Waals surface area contributed by atoms with Gasteiger partial charge in [-0.2, -0.15) is 0 Å². The molecule has 0 aromatic carbocycles. The molecule has 2 aliphatic heterocycles. The molecule has 0 saturated carbocycles. The van der Waals surface area contributed by atoms with Crippen molar-refractivity contribution in [3.8, 4) is 0 Å². The van der Waals surface area contributed by atoms with Gasteiger partial charge in [0.05, 0.1) is 52.0 Å². The van der Waals surface area contributed by atoms with Gasteiger partial charge in [-0.25, -0.2) is 9.59 Å². The van der Waals surface area contributed by atoms with Crippen LogP contribution in [-0.4, -0.2) is 181 Å². The summed E-state index contributed by atoms with van der Waals surface area (Å²) in [6, 6.07) is -3.25. The van der Waals surface area contributed by atoms with Gasteiger partial charge in [0.1, 0.15) is 43.7 Å². The van der Waals surface area contributed by atoms with Crippen LogP contribution in [-0.2, 0) is 85.7 Å². The average Bonchev–Trinajstić information content (AvgIpc) is 3.16. The van der Waals surface area contributed by atoms with E-state index in [0.717, 1.165) is 48.8 Å². The predicted molar refractivity (Wildman–Crippen MR) is 189 cm³/mol. The molecule has 6 N–H and O–H groups in total. The fraction of sp³-hybridized carbons (Fsp3) is 0.714. The van der Waals surface area contributed by atoms with E-state index in [4.69, 9.17) is 47.4 Å². The van der Waals surface area contributed by atoms with Crippen molar-refractivity contribution in [2.75, 3.05) is 40.6 Å². The molecule has 0 spiro atoms. The minimum atomic E-state index is -2.81. The van der Waals surface area contributed by atoms with Crippen LogP contribution in [0.15, 0.2) is 12.7 Å². The highest BCUT2D eigenvalue weighted by molar-refractivity contribution is 5.82. The molecule has 2 fully saturated rings. The molecule has 2 saturated heterocycles. The number of nitrogens with one attached hydrogen (secondary N) is 2. The fourth-order valence-electron chi connectivity index (χ4n) is 6.34. The third kappa shape index (κ3) is 13.6. The van der Waals surface area contributed by atoms with E-state index in [1.54, 1.807) is 0 Å². The molecule has 0 aromatic heterocycles. The van der Waals surface area contributed by atoms with Crippen molar-refractivity contribution in [1.82, 2.24) is 10.6 Å². The van der Waals surface area contributed by atoms with Gasteiger partial charge in [-0.05, 0) is 0 Å². The normalized spacial score (nSPS) is 28.5. The van der Waals surface area contributed by atoms with Gasteiger partial charge < -0.3 is 78.4 Å². The topological polar surface area (TPSA) is 334 Å². The van der Waals surface area contributed by atoms with Crippen LogP contribution in [0, 0.1) is 0 Å². The summed E-state index contributed by atoms with van der Waals surface area (Å²) in [5.41, 5.74) is 0. The Bertz CT molecular complexity index is 1540. The SMILES string of the molecule is C=CCO[C@]1(C(=O)OC)C[C@H](O)[C@@H](NC(=O)CO[C@]2(C(=O)OC)C[C@H](OC(C)=O)[C@@H](NC(C)=O)[C@H]([C@H](OC(C)=O)[C@@H](COC(C)=O)OC(C)=O)O2)[C@H]([C@H](O)[C@H](O)CO)O1. The van der Waals surface area contributed by atoms with Crippen molar-refractivity contribution in [2.24, 2.45) is 0 Å². The van der Waals surface area contributed by atoms with Crippen molar-refractivity contribution in [3.05, 3.63) is 12.7 Å². The summed E-state index contributed by atoms with van der Waals surface area (Å²) in [5, 5.41) is 46.8. The first-order valence-electron chi connectivity index (χ1n) is 17.9. The molecule has 0 unspecified atom stereocenters. The molecule has 0 aromatic rings. The van der Waals surface area contributed by atoms with Gasteiger partial charge in [-0.15, -0.1) is 6.58 Å². The Labute approximate surface area is 337 Å². The summed E-state index contributed by atoms with van der Waals surface area (Å²) in [5.74, 6) is -13.6. The second kappa shape index (κ2) is 22.5. The van der Waals surface area contributed by atoms with Crippen LogP contribution in [0.1, 0.15) is 47.5 Å². The van der Waals surface area contributed by atoms with Gasteiger partial charge in [-0.1, -0.05) is 6.08 Å². The summed E-state index contributed by atoms with van der Waals surface area (Å²) >= 11 is 0. The van der Waals surface area contributed by atoms with E-state index in [1.165, 1.54) is 6.08 Å². The van der Waals surface area contributed by atoms with E-state index in [-0.39, 0.29) is 6.61 Å². The Morgan fingerprint density at radius 2 is 1.37 bits per heavy atom. The molecule has 334 valence electrons. The number of ether oxygens (including phenoxy) is 10. The van der Waals surface area contributed by atoms with Gasteiger partial charge in [0.25, 0.3) is 11.6 Å². The second-order valence-corrected chi connectivity index (χ2v) is 13.3. The Hall–Kier alpha value is -4.82. The lowest BCUT2D eigenvalue weighted by Gasteiger charge is -2.48. The zero-order chi connectivity index (χ0) is 44.8. The second-order valence-electron chi connectivity index (χ2n) is 13.3. The van der Waals surface area contributed by atoms with Crippen molar-refractivity contribution in [2.45, 2.75) is 120 Å². The molecule has 0 radical (unpaired) electrons. The maximum atomic E-state index is 13.7. The first-order chi connectivity index (χ1) is 27.6. The standard InChI is InChI=1S/C35H52N2O22/c1-9-10-53-34(32(48)50-7)11-21(44)26(30(58-34)28(47)22(45)13-38)37-25(46)15-54-35(33(49)51-8)12-23(55-18(4)41)27(36-16(2)39)31(59-35)29(57-20(6)43)24(56-19(5)42)14-52-17(3)40/h9,21-24,26-31,38,44-45,47H,1,10-15H2,2-8H3,(H,36,39)(H,37,46)/t21-,22+,23-,24+,26+,27+,28+,29+,30+,31+,34+,35+/m0/s1. The summed E-state index contributed by atoms with van der Waals surface area (Å²) in [6.07, 6.45) is -15.3. The zero-order valence-corrected chi connectivity index (χ0v) is 33.4. The Kier molecular flexibility index (Phi) is 19.2. The van der Waals surface area contributed by atoms with E-state index in [2.05, 4.69) is 17.2 Å². The van der Waals surface area contributed by atoms with E-state index in [0.29, 0.717) is 0 Å². The third-order valence-electron chi connectivity index (χ3n) is 8.68. The van der Waals surface area contributed by atoms with Crippen LogP contribution in [0.4, 0.5) is 0 Å². The van der Waals surface area contributed by atoms with Gasteiger partial charge in [-0.3, -0.25) is 28.8 Å². The molecule has 0 bridgehead atoms. The number of aliphatic hydroxyl groups excluding tert-OH is 4. The Morgan fingerprint density at radius 3 is 1.86 bits per heavy atom. The number of hydrogen-bond donors (Lipinski definition) is 6. The minimum Gasteiger partial charge on any atom is -0.465 e. The number of methoxy groups -OCH3 is 2. The lowest BCUT2D eigenvalue weighted by atomic mass is 9.88. The molecular weight excluding hydrogens is 800 g/mol. The summed E-state index contributed by atoms with van der Waals surface area (Å²) in [4.78, 5) is 102. The zero-order valence-electron chi connectivity index (χ0n) is 33.4. The summed E-state index contributed by atoms with van der Waals surface area (Å²) in [7, 11) is 1.86. The predicted octanol–water partition coefficient (Wildman–Crippen LogP) is -4.06. The molecule has 2 rings (SSSR count). The van der Waals surface area contributed by atoms with Crippen molar-refractivity contribution < 1.29 is 106 Å². The highest BCUT2D eigenvalue weighted by Gasteiger charge is 2.60. The number of hydrogen-bond acceptors (Lipinski definition) is 22. The van der Waals surface area contributed by atoms with Gasteiger partial charge in [0, 0.05) is 41.0 Å².